The Morgan fingerprint density at radius 3 is 2.73 bits per heavy atom. The molecule has 0 amide bonds. The second-order valence-electron chi connectivity index (χ2n) is 6.56. The Kier molecular flexibility index (Phi) is 3.67. The van der Waals surface area contributed by atoms with Crippen LogP contribution in [0.25, 0.3) is 10.9 Å². The molecule has 1 aliphatic rings. The Bertz CT molecular complexity index is 1110. The number of hydrogen-bond acceptors (Lipinski definition) is 4. The predicted molar refractivity (Wildman–Crippen MR) is 101 cm³/mol. The first-order valence-electron chi connectivity index (χ1n) is 8.06. The molecule has 0 spiro atoms. The summed E-state index contributed by atoms with van der Waals surface area (Å²) >= 11 is 6.20. The lowest BCUT2D eigenvalue weighted by Gasteiger charge is -2.37. The molecule has 0 saturated heterocycles. The fourth-order valence-electron chi connectivity index (χ4n) is 3.24. The van der Waals surface area contributed by atoms with Crippen molar-refractivity contribution in [3.8, 4) is 6.19 Å². The molecule has 0 N–H and O–H groups in total. The van der Waals surface area contributed by atoms with Gasteiger partial charge >= 0.3 is 0 Å². The highest BCUT2D eigenvalue weighted by Crippen LogP contribution is 2.37. The number of anilines is 1. The molecule has 0 atom stereocenters. The largest absolute Gasteiger partial charge is 0.255 e. The molecule has 2 heterocycles. The average Bonchev–Trinajstić information content (AvgIpc) is 2.61. The van der Waals surface area contributed by atoms with Crippen LogP contribution in [0.2, 0.25) is 5.02 Å². The van der Waals surface area contributed by atoms with Crippen LogP contribution in [0, 0.1) is 17.3 Å². The van der Waals surface area contributed by atoms with Crippen LogP contribution in [0.3, 0.4) is 0 Å². The van der Waals surface area contributed by atoms with Crippen LogP contribution in [0.5, 0.6) is 0 Å². The van der Waals surface area contributed by atoms with Crippen molar-refractivity contribution in [1.82, 2.24) is 4.98 Å². The number of nitrogens with zero attached hydrogens (tertiary/aromatic N) is 4. The number of hydrogen-bond donors (Lipinski definition) is 0. The highest BCUT2D eigenvalue weighted by Gasteiger charge is 2.36. The van der Waals surface area contributed by atoms with E-state index in [0.717, 1.165) is 10.9 Å². The minimum absolute atomic E-state index is 0.233. The number of halogens is 2. The molecule has 0 bridgehead atoms. The van der Waals surface area contributed by atoms with E-state index in [1.54, 1.807) is 38.2 Å². The van der Waals surface area contributed by atoms with Crippen LogP contribution in [-0.4, -0.2) is 16.4 Å². The zero-order chi connectivity index (χ0) is 18.5. The van der Waals surface area contributed by atoms with Crippen LogP contribution in [-0.2, 0) is 0 Å². The fraction of sp³-hybridized carbons (Fsp3) is 0.150. The first-order valence-corrected chi connectivity index (χ1v) is 8.43. The van der Waals surface area contributed by atoms with E-state index in [2.05, 4.69) is 11.2 Å². The molecule has 6 heteroatoms. The molecule has 0 aliphatic carbocycles. The summed E-state index contributed by atoms with van der Waals surface area (Å²) in [5.41, 5.74) is 1.93. The summed E-state index contributed by atoms with van der Waals surface area (Å²) in [5, 5.41) is 11.0. The Labute approximate surface area is 155 Å². The lowest BCUT2D eigenvalue weighted by Crippen LogP contribution is -2.44. The Morgan fingerprint density at radius 2 is 1.96 bits per heavy atom. The molecule has 1 aromatic heterocycles. The van der Waals surface area contributed by atoms with Crippen LogP contribution in [0.15, 0.2) is 53.7 Å². The van der Waals surface area contributed by atoms with E-state index in [0.29, 0.717) is 21.8 Å². The predicted octanol–water partition coefficient (Wildman–Crippen LogP) is 4.90. The number of aliphatic imine (C=N–C) groups is 1. The van der Waals surface area contributed by atoms with Crippen molar-refractivity contribution in [3.63, 3.8) is 0 Å². The number of pyridine rings is 1. The second kappa shape index (κ2) is 5.79. The molecule has 26 heavy (non-hydrogen) atoms. The van der Waals surface area contributed by atoms with Gasteiger partial charge in [-0.2, -0.15) is 5.26 Å². The maximum Gasteiger partial charge on any atom is 0.186 e. The molecule has 4 rings (SSSR count). The number of nitriles is 1. The smallest absolute Gasteiger partial charge is 0.186 e. The summed E-state index contributed by atoms with van der Waals surface area (Å²) in [5.74, 6) is -0.457. The fourth-order valence-corrected chi connectivity index (χ4v) is 3.47. The van der Waals surface area contributed by atoms with E-state index >= 15 is 0 Å². The van der Waals surface area contributed by atoms with Crippen molar-refractivity contribution >= 4 is 33.9 Å². The van der Waals surface area contributed by atoms with E-state index in [1.165, 1.54) is 11.0 Å². The summed E-state index contributed by atoms with van der Waals surface area (Å²) in [4.78, 5) is 10.5. The van der Waals surface area contributed by atoms with E-state index in [9.17, 15) is 9.65 Å². The standard InChI is InChI=1S/C20H14ClFN4/c1-20(2)25-17(14-6-4-8-16(22)19(14)26(20)11-23)13-9-12-5-3-7-15(21)18(12)24-10-13/h3-10H,1-2H3. The van der Waals surface area contributed by atoms with Gasteiger partial charge in [-0.25, -0.2) is 4.39 Å². The summed E-state index contributed by atoms with van der Waals surface area (Å²) in [6, 6.07) is 12.2. The second-order valence-corrected chi connectivity index (χ2v) is 6.97. The first kappa shape index (κ1) is 16.5. The van der Waals surface area contributed by atoms with Crippen LogP contribution in [0.4, 0.5) is 10.1 Å². The normalized spacial score (nSPS) is 15.3. The maximum atomic E-state index is 14.6. The van der Waals surface area contributed by atoms with Gasteiger partial charge in [-0.1, -0.05) is 35.9 Å². The number of rotatable bonds is 1. The van der Waals surface area contributed by atoms with Gasteiger partial charge in [-0.15, -0.1) is 0 Å². The molecular weight excluding hydrogens is 351 g/mol. The van der Waals surface area contributed by atoms with Crippen molar-refractivity contribution in [2.24, 2.45) is 4.99 Å². The summed E-state index contributed by atoms with van der Waals surface area (Å²) < 4.78 is 14.6. The number of fused-ring (bicyclic) bond motifs is 2. The molecule has 2 aromatic carbocycles. The molecule has 0 fully saturated rings. The molecule has 0 saturated carbocycles. The van der Waals surface area contributed by atoms with Gasteiger partial charge in [0.15, 0.2) is 6.19 Å². The van der Waals surface area contributed by atoms with E-state index in [1.807, 2.05) is 18.2 Å². The summed E-state index contributed by atoms with van der Waals surface area (Å²) in [6.45, 7) is 3.55. The van der Waals surface area contributed by atoms with Crippen molar-refractivity contribution in [3.05, 3.63) is 70.6 Å². The van der Waals surface area contributed by atoms with E-state index in [-0.39, 0.29) is 5.69 Å². The van der Waals surface area contributed by atoms with Gasteiger partial charge in [0.25, 0.3) is 0 Å². The lowest BCUT2D eigenvalue weighted by atomic mass is 9.95. The van der Waals surface area contributed by atoms with Crippen LogP contribution < -0.4 is 4.90 Å². The quantitative estimate of drug-likeness (QED) is 0.577. The number of para-hydroxylation sites is 2. The van der Waals surface area contributed by atoms with Crippen LogP contribution >= 0.6 is 11.6 Å². The van der Waals surface area contributed by atoms with Gasteiger partial charge in [-0.3, -0.25) is 14.9 Å². The van der Waals surface area contributed by atoms with Gasteiger partial charge in [-0.05, 0) is 32.0 Å². The minimum Gasteiger partial charge on any atom is -0.255 e. The van der Waals surface area contributed by atoms with Gasteiger partial charge in [0.05, 0.1) is 21.9 Å². The van der Waals surface area contributed by atoms with Crippen LogP contribution in [0.1, 0.15) is 25.0 Å². The SMILES string of the molecule is CC1(C)N=C(c2cnc3c(Cl)cccc3c2)c2cccc(F)c2N1C#N. The Balaban J connectivity index is 1.99. The van der Waals surface area contributed by atoms with Gasteiger partial charge in [0.1, 0.15) is 11.5 Å². The third-order valence-electron chi connectivity index (χ3n) is 4.43. The molecule has 1 aliphatic heterocycles. The van der Waals surface area contributed by atoms with Gasteiger partial charge in [0, 0.05) is 22.7 Å². The summed E-state index contributed by atoms with van der Waals surface area (Å²) in [7, 11) is 0. The molecule has 3 aromatic rings. The van der Waals surface area contributed by atoms with Crippen molar-refractivity contribution in [1.29, 1.82) is 5.26 Å². The molecular formula is C20H14ClFN4. The first-order chi connectivity index (χ1) is 12.4. The molecule has 0 unspecified atom stereocenters. The summed E-state index contributed by atoms with van der Waals surface area (Å²) in [6.07, 6.45) is 3.73. The maximum absolute atomic E-state index is 14.6. The molecule has 0 radical (unpaired) electrons. The third-order valence-corrected chi connectivity index (χ3v) is 4.74. The Morgan fingerprint density at radius 1 is 1.19 bits per heavy atom. The van der Waals surface area contributed by atoms with Crippen molar-refractivity contribution in [2.75, 3.05) is 4.90 Å². The lowest BCUT2D eigenvalue weighted by molar-refractivity contribution is 0.514. The molecule has 4 nitrogen and oxygen atoms in total. The highest BCUT2D eigenvalue weighted by molar-refractivity contribution is 6.35. The zero-order valence-corrected chi connectivity index (χ0v) is 14.9. The van der Waals surface area contributed by atoms with Crippen molar-refractivity contribution < 1.29 is 4.39 Å². The minimum atomic E-state index is -0.914. The van der Waals surface area contributed by atoms with Crippen molar-refractivity contribution in [2.45, 2.75) is 19.5 Å². The number of aromatic nitrogens is 1. The number of benzene rings is 2. The highest BCUT2D eigenvalue weighted by atomic mass is 35.5. The average molecular weight is 365 g/mol. The zero-order valence-electron chi connectivity index (χ0n) is 14.2. The monoisotopic (exact) mass is 364 g/mol. The topological polar surface area (TPSA) is 52.3 Å². The Hall–Kier alpha value is -2.97. The third kappa shape index (κ3) is 2.42. The van der Waals surface area contributed by atoms with Gasteiger partial charge in [0.2, 0.25) is 0 Å². The van der Waals surface area contributed by atoms with Gasteiger partial charge < -0.3 is 0 Å². The molecule has 128 valence electrons. The van der Waals surface area contributed by atoms with E-state index in [4.69, 9.17) is 16.6 Å². The van der Waals surface area contributed by atoms with E-state index < -0.39 is 11.5 Å².